The number of ketones is 1. The number of nitrogens with two attached hydrogens (primary N) is 1. The molecule has 0 bridgehead atoms. The Morgan fingerprint density at radius 1 is 1.13 bits per heavy atom. The Morgan fingerprint density at radius 2 is 1.67 bits per heavy atom. The van der Waals surface area contributed by atoms with E-state index < -0.39 is 11.8 Å². The number of amides is 2. The number of nitrogens with one attached hydrogen (secondary N) is 1. The topological polar surface area (TPSA) is 89.3 Å². The number of Topliss-reactive ketones (excluding diaryl/α,β-unsaturated/α-hetero) is 1. The van der Waals surface area contributed by atoms with Gasteiger partial charge in [-0.15, -0.1) is 0 Å². The van der Waals surface area contributed by atoms with Crippen molar-refractivity contribution in [3.8, 4) is 0 Å². The summed E-state index contributed by atoms with van der Waals surface area (Å²) in [7, 11) is 0. The van der Waals surface area contributed by atoms with E-state index in [1.54, 1.807) is 6.92 Å². The van der Waals surface area contributed by atoms with Crippen molar-refractivity contribution in [1.29, 1.82) is 0 Å². The highest BCUT2D eigenvalue weighted by atomic mass is 16.2. The molecule has 3 N–H and O–H groups in total. The van der Waals surface area contributed by atoms with Gasteiger partial charge in [0.25, 0.3) is 0 Å². The van der Waals surface area contributed by atoms with E-state index in [-0.39, 0.29) is 17.7 Å². The maximum absolute atomic E-state index is 11.1. The maximum Gasteiger partial charge on any atom is 0.309 e. The summed E-state index contributed by atoms with van der Waals surface area (Å²) in [6.45, 7) is 1.59. The minimum absolute atomic E-state index is 0.0133. The molecule has 0 spiro atoms. The molecule has 15 heavy (non-hydrogen) atoms. The van der Waals surface area contributed by atoms with Crippen LogP contribution in [0.5, 0.6) is 0 Å². The van der Waals surface area contributed by atoms with Gasteiger partial charge in [0.2, 0.25) is 0 Å². The molecule has 0 aromatic carbocycles. The Labute approximate surface area is 88.4 Å². The third kappa shape index (κ3) is 3.34. The van der Waals surface area contributed by atoms with Crippen LogP contribution in [0.15, 0.2) is 0 Å². The molecule has 0 aromatic heterocycles. The third-order valence-corrected chi connectivity index (χ3v) is 2.86. The molecule has 5 nitrogen and oxygen atoms in total. The van der Waals surface area contributed by atoms with Gasteiger partial charge >= 0.3 is 11.8 Å². The molecule has 1 fully saturated rings. The molecule has 0 aliphatic heterocycles. The van der Waals surface area contributed by atoms with E-state index in [4.69, 9.17) is 5.73 Å². The fraction of sp³-hybridized carbons (Fsp3) is 0.700. The van der Waals surface area contributed by atoms with E-state index in [0.717, 1.165) is 25.7 Å². The first-order valence-corrected chi connectivity index (χ1v) is 5.11. The lowest BCUT2D eigenvalue weighted by Crippen LogP contribution is -2.44. The molecule has 1 saturated carbocycles. The van der Waals surface area contributed by atoms with Crippen LogP contribution < -0.4 is 11.1 Å². The van der Waals surface area contributed by atoms with Crippen molar-refractivity contribution in [2.24, 2.45) is 11.7 Å². The smallest absolute Gasteiger partial charge is 0.309 e. The average Bonchev–Trinajstić information content (AvgIpc) is 2.18. The van der Waals surface area contributed by atoms with E-state index in [9.17, 15) is 14.4 Å². The van der Waals surface area contributed by atoms with Gasteiger partial charge in [0.15, 0.2) is 0 Å². The summed E-state index contributed by atoms with van der Waals surface area (Å²) in [5, 5.41) is 2.55. The van der Waals surface area contributed by atoms with Crippen LogP contribution >= 0.6 is 0 Å². The zero-order valence-electron chi connectivity index (χ0n) is 8.79. The van der Waals surface area contributed by atoms with Gasteiger partial charge in [0, 0.05) is 12.0 Å². The van der Waals surface area contributed by atoms with Crippen LogP contribution in [-0.2, 0) is 14.4 Å². The Morgan fingerprint density at radius 3 is 2.07 bits per heavy atom. The number of primary amides is 1. The Hall–Kier alpha value is -1.39. The van der Waals surface area contributed by atoms with Crippen molar-refractivity contribution < 1.29 is 14.4 Å². The predicted octanol–water partition coefficient (Wildman–Crippen LogP) is -0.264. The van der Waals surface area contributed by atoms with Crippen LogP contribution in [-0.4, -0.2) is 23.6 Å². The number of hydrogen-bond donors (Lipinski definition) is 2. The zero-order valence-corrected chi connectivity index (χ0v) is 8.79. The molecule has 0 aromatic rings. The molecule has 1 aliphatic carbocycles. The Kier molecular flexibility index (Phi) is 3.82. The van der Waals surface area contributed by atoms with Crippen molar-refractivity contribution in [2.75, 3.05) is 0 Å². The van der Waals surface area contributed by atoms with E-state index >= 15 is 0 Å². The van der Waals surface area contributed by atoms with Gasteiger partial charge in [0.1, 0.15) is 5.78 Å². The Balaban J connectivity index is 2.35. The highest BCUT2D eigenvalue weighted by Crippen LogP contribution is 2.24. The molecular formula is C10H16N2O3. The standard InChI is InChI=1S/C10H16N2O3/c1-6(13)7-2-4-8(5-3-7)12-10(15)9(11)14/h7-8H,2-5H2,1H3,(H2,11,14)(H,12,15)/t7-,8-. The van der Waals surface area contributed by atoms with Gasteiger partial charge in [0.05, 0.1) is 0 Å². The van der Waals surface area contributed by atoms with Gasteiger partial charge in [-0.3, -0.25) is 14.4 Å². The first kappa shape index (κ1) is 11.7. The van der Waals surface area contributed by atoms with Crippen LogP contribution in [0, 0.1) is 5.92 Å². The van der Waals surface area contributed by atoms with E-state index in [0.29, 0.717) is 0 Å². The van der Waals surface area contributed by atoms with Crippen LogP contribution in [0.2, 0.25) is 0 Å². The highest BCUT2D eigenvalue weighted by Gasteiger charge is 2.25. The summed E-state index contributed by atoms with van der Waals surface area (Å²) >= 11 is 0. The molecule has 0 unspecified atom stereocenters. The van der Waals surface area contributed by atoms with Crippen LogP contribution in [0.1, 0.15) is 32.6 Å². The molecule has 1 aliphatic rings. The summed E-state index contributed by atoms with van der Waals surface area (Å²) in [6, 6.07) is -0.0133. The number of carbonyl (C=O) groups excluding carboxylic acids is 3. The lowest BCUT2D eigenvalue weighted by Gasteiger charge is -2.27. The lowest BCUT2D eigenvalue weighted by atomic mass is 9.84. The van der Waals surface area contributed by atoms with E-state index in [1.165, 1.54) is 0 Å². The van der Waals surface area contributed by atoms with Crippen molar-refractivity contribution in [3.63, 3.8) is 0 Å². The van der Waals surface area contributed by atoms with Crippen LogP contribution in [0.25, 0.3) is 0 Å². The van der Waals surface area contributed by atoms with Crippen LogP contribution in [0.4, 0.5) is 0 Å². The summed E-state index contributed by atoms with van der Waals surface area (Å²) < 4.78 is 0. The van der Waals surface area contributed by atoms with Gasteiger partial charge in [-0.05, 0) is 32.6 Å². The first-order chi connectivity index (χ1) is 7.00. The van der Waals surface area contributed by atoms with Gasteiger partial charge in [-0.25, -0.2) is 0 Å². The summed E-state index contributed by atoms with van der Waals surface area (Å²) in [5.41, 5.74) is 4.82. The summed E-state index contributed by atoms with van der Waals surface area (Å²) in [5.74, 6) is -1.37. The summed E-state index contributed by atoms with van der Waals surface area (Å²) in [4.78, 5) is 32.5. The highest BCUT2D eigenvalue weighted by molar-refractivity contribution is 6.34. The number of hydrogen-bond acceptors (Lipinski definition) is 3. The maximum atomic E-state index is 11.1. The van der Waals surface area contributed by atoms with Gasteiger partial charge in [-0.1, -0.05) is 0 Å². The van der Waals surface area contributed by atoms with Gasteiger partial charge in [-0.2, -0.15) is 0 Å². The first-order valence-electron chi connectivity index (χ1n) is 5.11. The third-order valence-electron chi connectivity index (χ3n) is 2.86. The second-order valence-corrected chi connectivity index (χ2v) is 4.00. The molecule has 0 atom stereocenters. The molecule has 5 heteroatoms. The fourth-order valence-electron chi connectivity index (χ4n) is 1.90. The zero-order chi connectivity index (χ0) is 11.4. The predicted molar refractivity (Wildman–Crippen MR) is 53.8 cm³/mol. The van der Waals surface area contributed by atoms with Crippen LogP contribution in [0.3, 0.4) is 0 Å². The monoisotopic (exact) mass is 212 g/mol. The molecule has 1 rings (SSSR count). The minimum Gasteiger partial charge on any atom is -0.361 e. The van der Waals surface area contributed by atoms with Gasteiger partial charge < -0.3 is 11.1 Å². The largest absolute Gasteiger partial charge is 0.361 e. The Bertz CT molecular complexity index is 280. The van der Waals surface area contributed by atoms with E-state index in [1.807, 2.05) is 0 Å². The number of carbonyl (C=O) groups is 3. The SMILES string of the molecule is CC(=O)[C@H]1CC[C@H](NC(=O)C(N)=O)CC1. The molecule has 84 valence electrons. The average molecular weight is 212 g/mol. The van der Waals surface area contributed by atoms with E-state index in [2.05, 4.69) is 5.32 Å². The molecule has 0 heterocycles. The molecular weight excluding hydrogens is 196 g/mol. The van der Waals surface area contributed by atoms with Crippen molar-refractivity contribution in [1.82, 2.24) is 5.32 Å². The second kappa shape index (κ2) is 4.91. The fourth-order valence-corrected chi connectivity index (χ4v) is 1.90. The minimum atomic E-state index is -0.955. The molecule has 0 saturated heterocycles. The lowest BCUT2D eigenvalue weighted by molar-refractivity contribution is -0.138. The number of rotatable bonds is 2. The van der Waals surface area contributed by atoms with Crippen molar-refractivity contribution in [3.05, 3.63) is 0 Å². The van der Waals surface area contributed by atoms with Crippen molar-refractivity contribution in [2.45, 2.75) is 38.6 Å². The second-order valence-electron chi connectivity index (χ2n) is 4.00. The normalized spacial score (nSPS) is 25.7. The molecule has 2 amide bonds. The molecule has 0 radical (unpaired) electrons. The summed E-state index contributed by atoms with van der Waals surface area (Å²) in [6.07, 6.45) is 3.03. The van der Waals surface area contributed by atoms with Crippen molar-refractivity contribution >= 4 is 17.6 Å². The quantitative estimate of drug-likeness (QED) is 0.618.